The van der Waals surface area contributed by atoms with Gasteiger partial charge in [-0.3, -0.25) is 0 Å². The molecule has 0 fully saturated rings. The van der Waals surface area contributed by atoms with Gasteiger partial charge in [0.05, 0.1) is 0 Å². The van der Waals surface area contributed by atoms with Crippen LogP contribution in [0, 0.1) is 12.7 Å². The minimum absolute atomic E-state index is 0.184. The van der Waals surface area contributed by atoms with Crippen molar-refractivity contribution >= 4 is 10.9 Å². The molecular weight excluding hydrogens is 165 g/mol. The number of pyridine rings is 1. The molecule has 2 heteroatoms. The summed E-state index contributed by atoms with van der Waals surface area (Å²) in [6, 6.07) is 8.77. The normalized spacial score (nSPS) is 10.7. The van der Waals surface area contributed by atoms with E-state index in [1.54, 1.807) is 12.1 Å². The summed E-state index contributed by atoms with van der Waals surface area (Å²) in [5, 5.41) is 0.938. The molecule has 1 aromatic heterocycles. The van der Waals surface area contributed by atoms with E-state index in [9.17, 15) is 4.39 Å². The number of hydrogen-bond acceptors (Lipinski definition) is 0. The summed E-state index contributed by atoms with van der Waals surface area (Å²) < 4.78 is 14.9. The molecule has 1 aromatic carbocycles. The lowest BCUT2D eigenvalue weighted by Gasteiger charge is -1.98. The smallest absolute Gasteiger partial charge is 0.207 e. The van der Waals surface area contributed by atoms with Crippen LogP contribution in [0.1, 0.15) is 5.69 Å². The average molecular weight is 176 g/mol. The van der Waals surface area contributed by atoms with E-state index in [2.05, 4.69) is 4.57 Å². The summed E-state index contributed by atoms with van der Waals surface area (Å²) >= 11 is 0. The first-order valence-electron chi connectivity index (χ1n) is 4.23. The molecule has 0 N–H and O–H groups in total. The number of halogens is 1. The van der Waals surface area contributed by atoms with Gasteiger partial charge >= 0.3 is 0 Å². The van der Waals surface area contributed by atoms with Crippen LogP contribution in [-0.2, 0) is 7.05 Å². The van der Waals surface area contributed by atoms with Crippen molar-refractivity contribution in [2.45, 2.75) is 6.92 Å². The number of hydrogen-bond donors (Lipinski definition) is 0. The quantitative estimate of drug-likeness (QED) is 0.541. The van der Waals surface area contributed by atoms with E-state index in [1.165, 1.54) is 11.8 Å². The summed E-state index contributed by atoms with van der Waals surface area (Å²) in [7, 11) is 1.98. The van der Waals surface area contributed by atoms with E-state index in [0.717, 1.165) is 10.9 Å². The van der Waals surface area contributed by atoms with Gasteiger partial charge < -0.3 is 0 Å². The fourth-order valence-electron chi connectivity index (χ4n) is 1.48. The van der Waals surface area contributed by atoms with E-state index in [-0.39, 0.29) is 5.82 Å². The van der Waals surface area contributed by atoms with Crippen molar-refractivity contribution in [2.24, 2.45) is 7.05 Å². The van der Waals surface area contributed by atoms with Crippen LogP contribution < -0.4 is 4.57 Å². The van der Waals surface area contributed by atoms with Gasteiger partial charge in [0, 0.05) is 24.4 Å². The van der Waals surface area contributed by atoms with Crippen molar-refractivity contribution in [3.05, 3.63) is 41.8 Å². The third kappa shape index (κ3) is 1.28. The van der Waals surface area contributed by atoms with Gasteiger partial charge in [-0.05, 0) is 18.2 Å². The van der Waals surface area contributed by atoms with Gasteiger partial charge in [0.15, 0.2) is 5.69 Å². The first-order valence-corrected chi connectivity index (χ1v) is 4.23. The van der Waals surface area contributed by atoms with Crippen molar-refractivity contribution in [1.82, 2.24) is 0 Å². The van der Waals surface area contributed by atoms with Crippen LogP contribution in [-0.4, -0.2) is 0 Å². The summed E-state index contributed by atoms with van der Waals surface area (Å²) in [6.45, 7) is 2.03. The summed E-state index contributed by atoms with van der Waals surface area (Å²) in [4.78, 5) is 0. The number of nitrogens with zero attached hydrogens (tertiary/aromatic N) is 1. The summed E-state index contributed by atoms with van der Waals surface area (Å²) in [6.07, 6.45) is 0. The Kier molecular flexibility index (Phi) is 1.76. The number of fused-ring (bicyclic) bond motifs is 1. The molecule has 66 valence electrons. The lowest BCUT2D eigenvalue weighted by molar-refractivity contribution is -0.651. The van der Waals surface area contributed by atoms with Crippen LogP contribution >= 0.6 is 0 Å². The zero-order valence-electron chi connectivity index (χ0n) is 7.71. The predicted octanol–water partition coefficient (Wildman–Crippen LogP) is 2.11. The topological polar surface area (TPSA) is 3.88 Å². The van der Waals surface area contributed by atoms with Gasteiger partial charge in [-0.25, -0.2) is 4.39 Å². The maximum atomic E-state index is 12.9. The largest absolute Gasteiger partial charge is 0.212 e. The predicted molar refractivity (Wildman–Crippen MR) is 49.8 cm³/mol. The lowest BCUT2D eigenvalue weighted by atomic mass is 10.2. The van der Waals surface area contributed by atoms with Crippen molar-refractivity contribution < 1.29 is 8.96 Å². The Morgan fingerprint density at radius 3 is 2.69 bits per heavy atom. The summed E-state index contributed by atoms with van der Waals surface area (Å²) in [5.41, 5.74) is 2.22. The highest BCUT2D eigenvalue weighted by Gasteiger charge is 2.07. The Balaban J connectivity index is 2.87. The number of rotatable bonds is 0. The molecule has 0 amide bonds. The first kappa shape index (κ1) is 8.17. The molecule has 0 bridgehead atoms. The van der Waals surface area contributed by atoms with Gasteiger partial charge in [0.1, 0.15) is 12.9 Å². The zero-order valence-corrected chi connectivity index (χ0v) is 7.71. The van der Waals surface area contributed by atoms with E-state index >= 15 is 0 Å². The number of benzene rings is 1. The maximum Gasteiger partial charge on any atom is 0.212 e. The molecule has 0 aliphatic rings. The van der Waals surface area contributed by atoms with E-state index < -0.39 is 0 Å². The van der Waals surface area contributed by atoms with Crippen LogP contribution in [0.25, 0.3) is 10.9 Å². The van der Waals surface area contributed by atoms with Crippen LogP contribution in [0.2, 0.25) is 0 Å². The highest BCUT2D eigenvalue weighted by Crippen LogP contribution is 2.11. The lowest BCUT2D eigenvalue weighted by Crippen LogP contribution is -2.32. The molecule has 13 heavy (non-hydrogen) atoms. The molecule has 1 heterocycles. The fourth-order valence-corrected chi connectivity index (χ4v) is 1.48. The molecule has 0 spiro atoms. The Bertz CT molecular complexity index is 463. The molecule has 0 atom stereocenters. The average Bonchev–Trinajstić information content (AvgIpc) is 2.12. The Morgan fingerprint density at radius 1 is 1.15 bits per heavy atom. The molecule has 1 nitrogen and oxygen atoms in total. The molecule has 0 saturated carbocycles. The minimum atomic E-state index is -0.184. The van der Waals surface area contributed by atoms with E-state index in [1.807, 2.05) is 26.1 Å². The standard InChI is InChI=1S/C11H11FN/c1-8-3-4-9-7-10(12)5-6-11(9)13(8)2/h3-7H,1-2H3/q+1. The maximum absolute atomic E-state index is 12.9. The van der Waals surface area contributed by atoms with Gasteiger partial charge in [-0.2, -0.15) is 4.57 Å². The van der Waals surface area contributed by atoms with Gasteiger partial charge in [0.25, 0.3) is 0 Å². The summed E-state index contributed by atoms with van der Waals surface area (Å²) in [5.74, 6) is -0.184. The SMILES string of the molecule is Cc1ccc2cc(F)ccc2[n+]1C. The third-order valence-corrected chi connectivity index (χ3v) is 2.38. The molecule has 0 aliphatic heterocycles. The Labute approximate surface area is 76.4 Å². The fraction of sp³-hybridized carbons (Fsp3) is 0.182. The zero-order chi connectivity index (χ0) is 9.42. The highest BCUT2D eigenvalue weighted by molar-refractivity contribution is 5.75. The van der Waals surface area contributed by atoms with Gasteiger partial charge in [0.2, 0.25) is 5.52 Å². The molecule has 0 saturated heterocycles. The highest BCUT2D eigenvalue weighted by atomic mass is 19.1. The first-order chi connectivity index (χ1) is 6.18. The van der Waals surface area contributed by atoms with Crippen molar-refractivity contribution in [1.29, 1.82) is 0 Å². The van der Waals surface area contributed by atoms with E-state index in [4.69, 9.17) is 0 Å². The van der Waals surface area contributed by atoms with Crippen molar-refractivity contribution in [3.63, 3.8) is 0 Å². The minimum Gasteiger partial charge on any atom is -0.207 e. The van der Waals surface area contributed by atoms with Crippen LogP contribution in [0.3, 0.4) is 0 Å². The second-order valence-electron chi connectivity index (χ2n) is 3.24. The second-order valence-corrected chi connectivity index (χ2v) is 3.24. The van der Waals surface area contributed by atoms with Gasteiger partial charge in [-0.15, -0.1) is 0 Å². The van der Waals surface area contributed by atoms with E-state index in [0.29, 0.717) is 0 Å². The van der Waals surface area contributed by atoms with Crippen LogP contribution in [0.15, 0.2) is 30.3 Å². The second kappa shape index (κ2) is 2.80. The van der Waals surface area contributed by atoms with Crippen LogP contribution in [0.5, 0.6) is 0 Å². The third-order valence-electron chi connectivity index (χ3n) is 2.38. The molecule has 0 unspecified atom stereocenters. The van der Waals surface area contributed by atoms with Crippen molar-refractivity contribution in [3.8, 4) is 0 Å². The Morgan fingerprint density at radius 2 is 1.92 bits per heavy atom. The molecule has 2 aromatic rings. The molecule has 0 aliphatic carbocycles. The Hall–Kier alpha value is -1.44. The number of aryl methyl sites for hydroxylation is 2. The molecule has 0 radical (unpaired) electrons. The molecular formula is C11H11FN+. The van der Waals surface area contributed by atoms with Crippen molar-refractivity contribution in [2.75, 3.05) is 0 Å². The monoisotopic (exact) mass is 176 g/mol. The molecule has 2 rings (SSSR count). The number of aromatic nitrogens is 1. The van der Waals surface area contributed by atoms with Gasteiger partial charge in [-0.1, -0.05) is 0 Å². The van der Waals surface area contributed by atoms with Crippen LogP contribution in [0.4, 0.5) is 4.39 Å².